The summed E-state index contributed by atoms with van der Waals surface area (Å²) in [6.45, 7) is -0.906. The molecule has 1 aliphatic rings. The van der Waals surface area contributed by atoms with E-state index in [2.05, 4.69) is 0 Å². The van der Waals surface area contributed by atoms with Crippen molar-refractivity contribution in [2.24, 2.45) is 0 Å². The first-order chi connectivity index (χ1) is 25.5. The highest BCUT2D eigenvalue weighted by atomic mass is 16.7. The zero-order valence-corrected chi connectivity index (χ0v) is 27.1. The van der Waals surface area contributed by atoms with Crippen LogP contribution in [0.15, 0.2) is 69.9 Å². The second kappa shape index (κ2) is 14.1. The Bertz CT molecular complexity index is 2280. The maximum Gasteiger partial charge on any atom is 0.339 e. The molecule has 1 fully saturated rings. The van der Waals surface area contributed by atoms with Crippen molar-refractivity contribution in [2.45, 2.75) is 30.7 Å². The van der Waals surface area contributed by atoms with Crippen molar-refractivity contribution in [1.82, 2.24) is 0 Å². The van der Waals surface area contributed by atoms with Gasteiger partial charge in [-0.2, -0.15) is 0 Å². The summed E-state index contributed by atoms with van der Waals surface area (Å²) in [5.41, 5.74) is -2.42. The van der Waals surface area contributed by atoms with E-state index in [0.717, 1.165) is 24.3 Å². The molecule has 5 aromatic rings. The highest BCUT2D eigenvalue weighted by Gasteiger charge is 2.49. The van der Waals surface area contributed by atoms with Crippen LogP contribution in [0, 0.1) is 0 Å². The number of benzene rings is 4. The van der Waals surface area contributed by atoms with E-state index in [0.29, 0.717) is 12.1 Å². The van der Waals surface area contributed by atoms with Crippen molar-refractivity contribution >= 4 is 22.9 Å². The second-order valence-corrected chi connectivity index (χ2v) is 11.8. The number of phenolic OH excluding ortho intramolecular Hbond substituents is 9. The topological polar surface area (TPSA) is 324 Å². The lowest BCUT2D eigenvalue weighted by Crippen LogP contribution is -2.61. The third kappa shape index (κ3) is 6.91. The van der Waals surface area contributed by atoms with Crippen molar-refractivity contribution in [3.8, 4) is 68.8 Å². The standard InChI is InChI=1S/C35H28O19/c36-15-3-1-12(2-4-15)30-31(28(46)24-17(38)9-16(37)10-22(24)51-30)54-35-32(53-34(49)14-7-20(41)26(44)21(42)8-14)29(47)27(45)23(52-35)11-50-33(48)13-5-18(39)25(43)19(40)6-13/h1-10,23,27,29,32,35-45,47H,11H2/t23-,27+,29+,32+,35-/m0/s1. The van der Waals surface area contributed by atoms with Gasteiger partial charge in [0.25, 0.3) is 0 Å². The van der Waals surface area contributed by atoms with Gasteiger partial charge in [0.1, 0.15) is 53.1 Å². The number of aliphatic hydroxyl groups excluding tert-OH is 2. The molecule has 11 N–H and O–H groups in total. The molecule has 19 nitrogen and oxygen atoms in total. The molecule has 0 bridgehead atoms. The van der Waals surface area contributed by atoms with Gasteiger partial charge < -0.3 is 79.5 Å². The Kier molecular flexibility index (Phi) is 9.61. The molecule has 1 aliphatic heterocycles. The fourth-order valence-electron chi connectivity index (χ4n) is 5.43. The summed E-state index contributed by atoms with van der Waals surface area (Å²) in [5.74, 6) is -10.8. The number of hydrogen-bond acceptors (Lipinski definition) is 19. The molecule has 0 spiro atoms. The smallest absolute Gasteiger partial charge is 0.339 e. The van der Waals surface area contributed by atoms with Gasteiger partial charge in [-0.1, -0.05) is 0 Å². The van der Waals surface area contributed by atoms with Crippen LogP contribution in [0.3, 0.4) is 0 Å². The Hall–Kier alpha value is -7.09. The van der Waals surface area contributed by atoms with E-state index < -0.39 is 129 Å². The Morgan fingerprint density at radius 2 is 1.22 bits per heavy atom. The van der Waals surface area contributed by atoms with E-state index in [1.807, 2.05) is 0 Å². The number of rotatable bonds is 8. The van der Waals surface area contributed by atoms with Crippen molar-refractivity contribution in [2.75, 3.05) is 6.61 Å². The molecule has 19 heteroatoms. The summed E-state index contributed by atoms with van der Waals surface area (Å²) in [6.07, 6.45) is -10.2. The predicted octanol–water partition coefficient (Wildman–Crippen LogP) is 1.72. The van der Waals surface area contributed by atoms with Crippen LogP contribution in [0.4, 0.5) is 0 Å². The van der Waals surface area contributed by atoms with Crippen molar-refractivity contribution in [3.63, 3.8) is 0 Å². The van der Waals surface area contributed by atoms with Crippen LogP contribution in [0.1, 0.15) is 20.7 Å². The normalized spacial score (nSPS) is 19.6. The molecular weight excluding hydrogens is 724 g/mol. The number of aliphatic hydroxyl groups is 2. The average Bonchev–Trinajstić information content (AvgIpc) is 3.12. The molecule has 6 rings (SSSR count). The van der Waals surface area contributed by atoms with Crippen LogP contribution in [0.5, 0.6) is 57.5 Å². The SMILES string of the molecule is O=C(OC[C@@H]1O[C@@H](Oc2c(-c3ccc(O)cc3)oc3cc(O)cc(O)c3c2=O)[C@H](OC(=O)c2cc(O)c(O)c(O)c2)[C@H](O)[C@@H]1O)c1cc(O)c(O)c(O)c1. The number of esters is 2. The van der Waals surface area contributed by atoms with E-state index >= 15 is 0 Å². The Balaban J connectivity index is 1.41. The summed E-state index contributed by atoms with van der Waals surface area (Å²) in [5, 5.41) is 111. The van der Waals surface area contributed by atoms with Crippen LogP contribution in [0.2, 0.25) is 0 Å². The van der Waals surface area contributed by atoms with E-state index in [1.165, 1.54) is 24.3 Å². The lowest BCUT2D eigenvalue weighted by Gasteiger charge is -2.41. The number of carbonyl (C=O) groups excluding carboxylic acids is 2. The monoisotopic (exact) mass is 752 g/mol. The molecule has 0 unspecified atom stereocenters. The number of phenols is 9. The van der Waals surface area contributed by atoms with Crippen LogP contribution in [0.25, 0.3) is 22.3 Å². The minimum atomic E-state index is -2.19. The zero-order valence-electron chi connectivity index (χ0n) is 27.1. The lowest BCUT2D eigenvalue weighted by molar-refractivity contribution is -0.276. The van der Waals surface area contributed by atoms with Gasteiger partial charge in [0.15, 0.2) is 46.4 Å². The van der Waals surface area contributed by atoms with Gasteiger partial charge >= 0.3 is 11.9 Å². The number of ether oxygens (including phenoxy) is 4. The maximum absolute atomic E-state index is 14.0. The van der Waals surface area contributed by atoms with Gasteiger partial charge in [-0.05, 0) is 48.5 Å². The summed E-state index contributed by atoms with van der Waals surface area (Å²) >= 11 is 0. The largest absolute Gasteiger partial charge is 0.508 e. The fraction of sp³-hybridized carbons (Fsp3) is 0.171. The Morgan fingerprint density at radius 3 is 1.80 bits per heavy atom. The highest BCUT2D eigenvalue weighted by molar-refractivity contribution is 5.92. The van der Waals surface area contributed by atoms with E-state index in [4.69, 9.17) is 23.4 Å². The van der Waals surface area contributed by atoms with Crippen LogP contribution in [-0.2, 0) is 14.2 Å². The summed E-state index contributed by atoms with van der Waals surface area (Å²) in [4.78, 5) is 40.0. The lowest BCUT2D eigenvalue weighted by atomic mass is 9.98. The fourth-order valence-corrected chi connectivity index (χ4v) is 5.43. The van der Waals surface area contributed by atoms with E-state index in [-0.39, 0.29) is 16.9 Å². The molecule has 2 heterocycles. The van der Waals surface area contributed by atoms with Crippen molar-refractivity contribution in [3.05, 3.63) is 82.0 Å². The second-order valence-electron chi connectivity index (χ2n) is 11.8. The van der Waals surface area contributed by atoms with E-state index in [1.54, 1.807) is 0 Å². The number of aromatic hydroxyl groups is 9. The van der Waals surface area contributed by atoms with Gasteiger partial charge in [-0.25, -0.2) is 9.59 Å². The predicted molar refractivity (Wildman–Crippen MR) is 177 cm³/mol. The van der Waals surface area contributed by atoms with Gasteiger partial charge in [0.05, 0.1) is 11.1 Å². The Morgan fingerprint density at radius 1 is 0.667 bits per heavy atom. The first-order valence-electron chi connectivity index (χ1n) is 15.4. The zero-order chi connectivity index (χ0) is 39.2. The third-order valence-electron chi connectivity index (χ3n) is 8.16. The molecule has 0 radical (unpaired) electrons. The highest BCUT2D eigenvalue weighted by Crippen LogP contribution is 2.40. The van der Waals surface area contributed by atoms with Crippen molar-refractivity contribution < 1.29 is 89.1 Å². The Labute approximate surface area is 300 Å². The molecule has 4 aromatic carbocycles. The molecule has 1 aromatic heterocycles. The summed E-state index contributed by atoms with van der Waals surface area (Å²) in [7, 11) is 0. The summed E-state index contributed by atoms with van der Waals surface area (Å²) in [6, 6.07) is 9.73. The molecule has 282 valence electrons. The minimum absolute atomic E-state index is 0.0653. The summed E-state index contributed by atoms with van der Waals surface area (Å²) < 4.78 is 28.0. The third-order valence-corrected chi connectivity index (χ3v) is 8.16. The van der Waals surface area contributed by atoms with Crippen molar-refractivity contribution in [1.29, 1.82) is 0 Å². The van der Waals surface area contributed by atoms with Gasteiger partial charge in [0, 0.05) is 17.7 Å². The first kappa shape index (κ1) is 36.7. The van der Waals surface area contributed by atoms with Crippen LogP contribution < -0.4 is 10.2 Å². The average molecular weight is 753 g/mol. The number of carbonyl (C=O) groups is 2. The molecule has 0 aliphatic carbocycles. The van der Waals surface area contributed by atoms with E-state index in [9.17, 15) is 70.6 Å². The van der Waals surface area contributed by atoms with Gasteiger partial charge in [-0.3, -0.25) is 4.79 Å². The number of fused-ring (bicyclic) bond motifs is 1. The number of hydrogen-bond donors (Lipinski definition) is 11. The van der Waals surface area contributed by atoms with Gasteiger partial charge in [0.2, 0.25) is 17.5 Å². The molecule has 5 atom stereocenters. The quantitative estimate of drug-likeness (QED) is 0.0794. The molecule has 0 saturated carbocycles. The molecule has 1 saturated heterocycles. The maximum atomic E-state index is 14.0. The van der Waals surface area contributed by atoms with Crippen LogP contribution >= 0.6 is 0 Å². The molecular formula is C35H28O19. The minimum Gasteiger partial charge on any atom is -0.508 e. The first-order valence-corrected chi connectivity index (χ1v) is 15.4. The van der Waals surface area contributed by atoms with Gasteiger partial charge in [-0.15, -0.1) is 0 Å². The molecule has 0 amide bonds. The molecule has 54 heavy (non-hydrogen) atoms. The van der Waals surface area contributed by atoms with Crippen LogP contribution in [-0.4, -0.2) is 105 Å².